The van der Waals surface area contributed by atoms with Gasteiger partial charge in [0.05, 0.1) is 12.0 Å². The molecule has 0 aliphatic carbocycles. The van der Waals surface area contributed by atoms with Crippen LogP contribution in [0, 0.1) is 21.4 Å². The highest BCUT2D eigenvalue weighted by Gasteiger charge is 2.29. The van der Waals surface area contributed by atoms with Gasteiger partial charge in [-0.2, -0.15) is 14.0 Å². The van der Waals surface area contributed by atoms with Crippen LogP contribution in [0.15, 0.2) is 12.1 Å². The van der Waals surface area contributed by atoms with Crippen molar-refractivity contribution in [2.45, 2.75) is 6.61 Å². The van der Waals surface area contributed by atoms with Crippen LogP contribution in [0.1, 0.15) is 15.9 Å². The lowest BCUT2D eigenvalue weighted by Crippen LogP contribution is -2.11. The normalized spacial score (nSPS) is 9.84. The minimum atomic E-state index is -3.24. The lowest BCUT2D eigenvalue weighted by atomic mass is 10.1. The molecule has 0 saturated heterocycles. The van der Waals surface area contributed by atoms with Crippen LogP contribution in [-0.4, -0.2) is 24.6 Å². The highest BCUT2D eigenvalue weighted by molar-refractivity contribution is 5.97. The number of nitro groups is 1. The Bertz CT molecular complexity index is 568. The van der Waals surface area contributed by atoms with Gasteiger partial charge in [-0.3, -0.25) is 10.1 Å². The minimum absolute atomic E-state index is 0.636. The molecule has 19 heavy (non-hydrogen) atoms. The number of hydrogen-bond acceptors (Lipinski definition) is 6. The Hall–Kier alpha value is -2.76. The summed E-state index contributed by atoms with van der Waals surface area (Å²) in [6, 6.07) is 3.01. The fraction of sp³-hybridized carbons (Fsp3) is 0.200. The summed E-state index contributed by atoms with van der Waals surface area (Å²) in [5.74, 6) is -1.83. The summed E-state index contributed by atoms with van der Waals surface area (Å²) in [6.45, 7) is -3.24. The van der Waals surface area contributed by atoms with Crippen molar-refractivity contribution in [2.75, 3.05) is 7.11 Å². The second-order valence-electron chi connectivity index (χ2n) is 3.07. The molecule has 0 heterocycles. The molecule has 0 saturated carbocycles. The molecule has 0 spiro atoms. The van der Waals surface area contributed by atoms with Gasteiger partial charge >= 0.3 is 12.6 Å². The molecule has 0 unspecified atom stereocenters. The molecule has 0 aromatic heterocycles. The maximum Gasteiger partial charge on any atom is 0.387 e. The van der Waals surface area contributed by atoms with Gasteiger partial charge in [0.1, 0.15) is 17.4 Å². The summed E-state index contributed by atoms with van der Waals surface area (Å²) in [5.41, 5.74) is -2.14. The number of carbonyl (C=O) groups excluding carboxylic acids is 1. The number of nitrogens with zero attached hydrogens (tertiary/aromatic N) is 2. The minimum Gasteiger partial charge on any atom is -0.465 e. The maximum absolute atomic E-state index is 12.1. The maximum atomic E-state index is 12.1. The number of nitriles is 1. The zero-order valence-corrected chi connectivity index (χ0v) is 9.42. The molecule has 0 N–H and O–H groups in total. The van der Waals surface area contributed by atoms with Crippen molar-refractivity contribution in [2.24, 2.45) is 0 Å². The van der Waals surface area contributed by atoms with E-state index in [1.54, 1.807) is 0 Å². The van der Waals surface area contributed by atoms with Gasteiger partial charge in [0.2, 0.25) is 0 Å². The van der Waals surface area contributed by atoms with Gasteiger partial charge in [-0.05, 0) is 6.07 Å². The van der Waals surface area contributed by atoms with Gasteiger partial charge in [-0.1, -0.05) is 0 Å². The Kier molecular flexibility index (Phi) is 4.31. The van der Waals surface area contributed by atoms with Crippen LogP contribution in [0.25, 0.3) is 0 Å². The molecule has 1 aromatic rings. The van der Waals surface area contributed by atoms with Crippen molar-refractivity contribution in [1.29, 1.82) is 5.26 Å². The van der Waals surface area contributed by atoms with Crippen LogP contribution in [0.5, 0.6) is 5.75 Å². The predicted molar refractivity (Wildman–Crippen MR) is 55.8 cm³/mol. The fourth-order valence-corrected chi connectivity index (χ4v) is 1.34. The summed E-state index contributed by atoms with van der Waals surface area (Å²) in [5, 5.41) is 19.6. The van der Waals surface area contributed by atoms with Gasteiger partial charge in [0.15, 0.2) is 5.56 Å². The van der Waals surface area contributed by atoms with Crippen LogP contribution >= 0.6 is 0 Å². The van der Waals surface area contributed by atoms with Crippen molar-refractivity contribution in [3.8, 4) is 11.8 Å². The van der Waals surface area contributed by atoms with Crippen molar-refractivity contribution in [3.63, 3.8) is 0 Å². The van der Waals surface area contributed by atoms with E-state index in [4.69, 9.17) is 5.26 Å². The van der Waals surface area contributed by atoms with Gasteiger partial charge in [-0.15, -0.1) is 0 Å². The van der Waals surface area contributed by atoms with Crippen LogP contribution in [0.3, 0.4) is 0 Å². The molecular weight excluding hydrogens is 266 g/mol. The Labute approximate surface area is 105 Å². The Morgan fingerprint density at radius 1 is 1.53 bits per heavy atom. The van der Waals surface area contributed by atoms with Crippen LogP contribution < -0.4 is 4.74 Å². The largest absolute Gasteiger partial charge is 0.465 e. The third kappa shape index (κ3) is 2.92. The van der Waals surface area contributed by atoms with Crippen LogP contribution in [-0.2, 0) is 4.74 Å². The molecule has 1 aromatic carbocycles. The topological polar surface area (TPSA) is 102 Å². The second kappa shape index (κ2) is 5.72. The first-order chi connectivity index (χ1) is 8.92. The predicted octanol–water partition coefficient (Wildman–Crippen LogP) is 1.85. The summed E-state index contributed by atoms with van der Waals surface area (Å²) in [7, 11) is 0.938. The number of nitro benzene ring substituents is 1. The molecule has 100 valence electrons. The highest BCUT2D eigenvalue weighted by atomic mass is 19.3. The summed E-state index contributed by atoms with van der Waals surface area (Å²) < 4.78 is 32.6. The number of alkyl halides is 2. The first kappa shape index (κ1) is 14.3. The van der Waals surface area contributed by atoms with E-state index in [1.165, 1.54) is 6.07 Å². The van der Waals surface area contributed by atoms with Crippen molar-refractivity contribution < 1.29 is 28.0 Å². The molecule has 0 radical (unpaired) electrons. The average Bonchev–Trinajstić information content (AvgIpc) is 2.36. The van der Waals surface area contributed by atoms with E-state index >= 15 is 0 Å². The highest BCUT2D eigenvalue weighted by Crippen LogP contribution is 2.31. The number of methoxy groups -OCH3 is 1. The molecule has 0 amide bonds. The summed E-state index contributed by atoms with van der Waals surface area (Å²) in [6.07, 6.45) is 0. The molecule has 0 bridgehead atoms. The van der Waals surface area contributed by atoms with Crippen molar-refractivity contribution in [3.05, 3.63) is 33.4 Å². The van der Waals surface area contributed by atoms with Crippen LogP contribution in [0.4, 0.5) is 14.5 Å². The van der Waals surface area contributed by atoms with Crippen molar-refractivity contribution >= 4 is 11.7 Å². The Morgan fingerprint density at radius 2 is 2.16 bits per heavy atom. The van der Waals surface area contributed by atoms with E-state index in [-0.39, 0.29) is 0 Å². The van der Waals surface area contributed by atoms with E-state index in [1.807, 2.05) is 0 Å². The van der Waals surface area contributed by atoms with E-state index in [0.29, 0.717) is 0 Å². The molecule has 7 nitrogen and oxygen atoms in total. The van der Waals surface area contributed by atoms with E-state index in [2.05, 4.69) is 9.47 Å². The zero-order chi connectivity index (χ0) is 14.6. The SMILES string of the molecule is COC(=O)c1c([N+](=O)[O-])ccc(OC(F)F)c1C#N. The second-order valence-corrected chi connectivity index (χ2v) is 3.07. The van der Waals surface area contributed by atoms with Gasteiger partial charge in [-0.25, -0.2) is 4.79 Å². The Balaban J connectivity index is 3.55. The monoisotopic (exact) mass is 272 g/mol. The lowest BCUT2D eigenvalue weighted by molar-refractivity contribution is -0.385. The third-order valence-corrected chi connectivity index (χ3v) is 2.06. The molecule has 1 rings (SSSR count). The lowest BCUT2D eigenvalue weighted by Gasteiger charge is -2.09. The fourth-order valence-electron chi connectivity index (χ4n) is 1.34. The number of hydrogen-bond donors (Lipinski definition) is 0. The number of benzene rings is 1. The van der Waals surface area contributed by atoms with Gasteiger partial charge in [0.25, 0.3) is 5.69 Å². The molecule has 0 aliphatic rings. The number of rotatable bonds is 4. The average molecular weight is 272 g/mol. The molecule has 0 fully saturated rings. The number of carbonyl (C=O) groups is 1. The quantitative estimate of drug-likeness (QED) is 0.470. The van der Waals surface area contributed by atoms with E-state index in [0.717, 1.165) is 19.2 Å². The van der Waals surface area contributed by atoms with E-state index < -0.39 is 40.1 Å². The Morgan fingerprint density at radius 3 is 2.58 bits per heavy atom. The summed E-state index contributed by atoms with van der Waals surface area (Å²) >= 11 is 0. The first-order valence-electron chi connectivity index (χ1n) is 4.67. The molecule has 0 aliphatic heterocycles. The molecule has 9 heteroatoms. The standard InChI is InChI=1S/C10H6F2N2O5/c1-18-9(15)8-5(4-13)7(19-10(11)12)3-2-6(8)14(16)17/h2-3,10H,1H3. The van der Waals surface area contributed by atoms with Crippen molar-refractivity contribution in [1.82, 2.24) is 0 Å². The van der Waals surface area contributed by atoms with Gasteiger partial charge in [0, 0.05) is 6.07 Å². The number of ether oxygens (including phenoxy) is 2. The molecular formula is C10H6F2N2O5. The third-order valence-electron chi connectivity index (χ3n) is 2.06. The number of esters is 1. The van der Waals surface area contributed by atoms with E-state index in [9.17, 15) is 23.7 Å². The molecule has 0 atom stereocenters. The smallest absolute Gasteiger partial charge is 0.387 e. The summed E-state index contributed by atoms with van der Waals surface area (Å²) in [4.78, 5) is 21.2. The number of halogens is 2. The van der Waals surface area contributed by atoms with Gasteiger partial charge < -0.3 is 9.47 Å². The zero-order valence-electron chi connectivity index (χ0n) is 9.42. The van der Waals surface area contributed by atoms with Crippen LogP contribution in [0.2, 0.25) is 0 Å². The first-order valence-corrected chi connectivity index (χ1v) is 4.67.